The molecule has 80 valence electrons. The van der Waals surface area contributed by atoms with Gasteiger partial charge in [-0.1, -0.05) is 6.08 Å². The Kier molecular flexibility index (Phi) is 2.34. The van der Waals surface area contributed by atoms with E-state index < -0.39 is 5.83 Å². The van der Waals surface area contributed by atoms with Gasteiger partial charge >= 0.3 is 0 Å². The first-order valence-corrected chi connectivity index (χ1v) is 4.73. The zero-order valence-corrected chi connectivity index (χ0v) is 8.71. The molecule has 0 unspecified atom stereocenters. The second-order valence-corrected chi connectivity index (χ2v) is 3.63. The largest absolute Gasteiger partial charge is 0.494 e. The number of rotatable bonds is 1. The summed E-state index contributed by atoms with van der Waals surface area (Å²) in [5.74, 6) is -0.681. The lowest BCUT2D eigenvalue weighted by Gasteiger charge is -2.09. The SMILES string of the molecule is COC1=C(F)C2=C(CC=C1)CN(C)C2=O. The summed E-state index contributed by atoms with van der Waals surface area (Å²) in [5.41, 5.74) is 1.00. The molecule has 1 aliphatic heterocycles. The summed E-state index contributed by atoms with van der Waals surface area (Å²) >= 11 is 0. The van der Waals surface area contributed by atoms with E-state index in [1.165, 1.54) is 12.0 Å². The van der Waals surface area contributed by atoms with E-state index >= 15 is 0 Å². The van der Waals surface area contributed by atoms with Crippen LogP contribution in [-0.4, -0.2) is 31.5 Å². The predicted molar refractivity (Wildman–Crippen MR) is 53.6 cm³/mol. The number of carbonyl (C=O) groups is 1. The summed E-state index contributed by atoms with van der Waals surface area (Å²) in [6.45, 7) is 0.503. The van der Waals surface area contributed by atoms with E-state index in [2.05, 4.69) is 0 Å². The summed E-state index contributed by atoms with van der Waals surface area (Å²) in [7, 11) is 3.06. The summed E-state index contributed by atoms with van der Waals surface area (Å²) in [4.78, 5) is 13.2. The van der Waals surface area contributed by atoms with Crippen LogP contribution in [0.3, 0.4) is 0 Å². The van der Waals surface area contributed by atoms with Crippen molar-refractivity contribution in [3.05, 3.63) is 34.9 Å². The summed E-state index contributed by atoms with van der Waals surface area (Å²) in [6.07, 6.45) is 3.99. The summed E-state index contributed by atoms with van der Waals surface area (Å²) in [5, 5.41) is 0. The Balaban J connectivity index is 2.50. The number of allylic oxidation sites excluding steroid dienone is 2. The van der Waals surface area contributed by atoms with Gasteiger partial charge in [0, 0.05) is 13.6 Å². The molecule has 3 nitrogen and oxygen atoms in total. The van der Waals surface area contributed by atoms with Crippen molar-refractivity contribution in [2.24, 2.45) is 0 Å². The average molecular weight is 209 g/mol. The molecular formula is C11H12FNO2. The van der Waals surface area contributed by atoms with Crippen molar-refractivity contribution in [1.82, 2.24) is 4.90 Å². The Labute approximate surface area is 87.5 Å². The first kappa shape index (κ1) is 9.96. The van der Waals surface area contributed by atoms with Crippen molar-refractivity contribution in [3.8, 4) is 0 Å². The predicted octanol–water partition coefficient (Wildman–Crippen LogP) is 1.54. The molecule has 2 aliphatic rings. The maximum Gasteiger partial charge on any atom is 0.257 e. The van der Waals surface area contributed by atoms with Gasteiger partial charge in [0.05, 0.1) is 12.7 Å². The molecule has 2 rings (SSSR count). The van der Waals surface area contributed by atoms with Gasteiger partial charge in [-0.3, -0.25) is 4.79 Å². The van der Waals surface area contributed by atoms with Crippen LogP contribution in [0.2, 0.25) is 0 Å². The number of nitrogens with zero attached hydrogens (tertiary/aromatic N) is 1. The first-order chi connectivity index (χ1) is 7.15. The quantitative estimate of drug-likeness (QED) is 0.655. The molecule has 1 amide bonds. The van der Waals surface area contributed by atoms with Crippen molar-refractivity contribution < 1.29 is 13.9 Å². The topological polar surface area (TPSA) is 29.5 Å². The second kappa shape index (κ2) is 3.53. The standard InChI is InChI=1S/C11H12FNO2/c1-13-6-7-4-3-5-8(15-2)10(12)9(7)11(13)14/h3,5H,4,6H2,1-2H3. The molecule has 0 saturated carbocycles. The van der Waals surface area contributed by atoms with Crippen LogP contribution in [0.15, 0.2) is 34.9 Å². The molecule has 0 atom stereocenters. The van der Waals surface area contributed by atoms with Gasteiger partial charge in [0.25, 0.3) is 5.91 Å². The number of hydrogen-bond acceptors (Lipinski definition) is 2. The third kappa shape index (κ3) is 1.46. The maximum absolute atomic E-state index is 13.9. The molecule has 0 fully saturated rings. The summed E-state index contributed by atoms with van der Waals surface area (Å²) in [6, 6.07) is 0. The number of methoxy groups -OCH3 is 1. The van der Waals surface area contributed by atoms with Gasteiger partial charge < -0.3 is 9.64 Å². The highest BCUT2D eigenvalue weighted by Gasteiger charge is 2.32. The van der Waals surface area contributed by atoms with Crippen LogP contribution in [0, 0.1) is 0 Å². The second-order valence-electron chi connectivity index (χ2n) is 3.63. The number of ether oxygens (including phenoxy) is 1. The minimum atomic E-state index is -0.546. The number of hydrogen-bond donors (Lipinski definition) is 0. The lowest BCUT2D eigenvalue weighted by molar-refractivity contribution is -0.124. The van der Waals surface area contributed by atoms with Crippen molar-refractivity contribution >= 4 is 5.91 Å². The normalized spacial score (nSPS) is 21.0. The van der Waals surface area contributed by atoms with E-state index in [1.54, 1.807) is 13.1 Å². The minimum Gasteiger partial charge on any atom is -0.494 e. The molecular weight excluding hydrogens is 197 g/mol. The van der Waals surface area contributed by atoms with E-state index in [9.17, 15) is 9.18 Å². The highest BCUT2D eigenvalue weighted by atomic mass is 19.1. The number of amides is 1. The average Bonchev–Trinajstić information content (AvgIpc) is 2.41. The van der Waals surface area contributed by atoms with Gasteiger partial charge in [-0.2, -0.15) is 0 Å². The molecule has 0 aromatic rings. The zero-order valence-electron chi connectivity index (χ0n) is 8.71. The fraction of sp³-hybridized carbons (Fsp3) is 0.364. The third-order valence-electron chi connectivity index (χ3n) is 2.63. The highest BCUT2D eigenvalue weighted by molar-refractivity contribution is 6.00. The Morgan fingerprint density at radius 1 is 1.53 bits per heavy atom. The number of carbonyl (C=O) groups excluding carboxylic acids is 1. The van der Waals surface area contributed by atoms with Crippen LogP contribution < -0.4 is 0 Å². The molecule has 0 radical (unpaired) electrons. The van der Waals surface area contributed by atoms with Crippen LogP contribution in [0.5, 0.6) is 0 Å². The molecule has 4 heteroatoms. The molecule has 0 aromatic carbocycles. The molecule has 1 heterocycles. The fourth-order valence-corrected chi connectivity index (χ4v) is 1.86. The molecule has 0 bridgehead atoms. The summed E-state index contributed by atoms with van der Waals surface area (Å²) < 4.78 is 18.8. The molecule has 0 spiro atoms. The van der Waals surface area contributed by atoms with Gasteiger partial charge in [0.2, 0.25) is 0 Å². The van der Waals surface area contributed by atoms with Gasteiger partial charge in [0.1, 0.15) is 0 Å². The molecule has 0 saturated heterocycles. The van der Waals surface area contributed by atoms with E-state index in [0.29, 0.717) is 13.0 Å². The molecule has 0 aromatic heterocycles. The highest BCUT2D eigenvalue weighted by Crippen LogP contribution is 2.32. The van der Waals surface area contributed by atoms with Crippen LogP contribution in [0.4, 0.5) is 4.39 Å². The monoisotopic (exact) mass is 209 g/mol. The minimum absolute atomic E-state index is 0.128. The first-order valence-electron chi connectivity index (χ1n) is 4.73. The maximum atomic E-state index is 13.9. The molecule has 1 aliphatic carbocycles. The van der Waals surface area contributed by atoms with Crippen molar-refractivity contribution in [1.29, 1.82) is 0 Å². The Bertz CT molecular complexity index is 407. The van der Waals surface area contributed by atoms with Crippen LogP contribution in [-0.2, 0) is 9.53 Å². The van der Waals surface area contributed by atoms with Crippen molar-refractivity contribution in [2.75, 3.05) is 20.7 Å². The number of halogens is 1. The van der Waals surface area contributed by atoms with Gasteiger partial charge in [-0.25, -0.2) is 4.39 Å². The number of likely N-dealkylation sites (N-methyl/N-ethyl adjacent to an activating group) is 1. The molecule has 0 N–H and O–H groups in total. The van der Waals surface area contributed by atoms with Gasteiger partial charge in [-0.15, -0.1) is 0 Å². The van der Waals surface area contributed by atoms with Crippen LogP contribution in [0.1, 0.15) is 6.42 Å². The van der Waals surface area contributed by atoms with E-state index in [-0.39, 0.29) is 17.2 Å². The van der Waals surface area contributed by atoms with E-state index in [0.717, 1.165) is 5.57 Å². The van der Waals surface area contributed by atoms with Gasteiger partial charge in [-0.05, 0) is 18.1 Å². The lowest BCUT2D eigenvalue weighted by Crippen LogP contribution is -2.22. The van der Waals surface area contributed by atoms with Crippen molar-refractivity contribution in [3.63, 3.8) is 0 Å². The Morgan fingerprint density at radius 3 is 2.93 bits per heavy atom. The smallest absolute Gasteiger partial charge is 0.257 e. The molecule has 15 heavy (non-hydrogen) atoms. The van der Waals surface area contributed by atoms with E-state index in [4.69, 9.17) is 4.74 Å². The van der Waals surface area contributed by atoms with Crippen LogP contribution in [0.25, 0.3) is 0 Å². The van der Waals surface area contributed by atoms with Crippen molar-refractivity contribution in [2.45, 2.75) is 6.42 Å². The Morgan fingerprint density at radius 2 is 2.27 bits per heavy atom. The van der Waals surface area contributed by atoms with Gasteiger partial charge in [0.15, 0.2) is 11.6 Å². The third-order valence-corrected chi connectivity index (χ3v) is 2.63. The zero-order chi connectivity index (χ0) is 11.0. The fourth-order valence-electron chi connectivity index (χ4n) is 1.86. The lowest BCUT2D eigenvalue weighted by atomic mass is 10.1. The van der Waals surface area contributed by atoms with E-state index in [1.807, 2.05) is 6.08 Å². The Hall–Kier alpha value is -1.58. The van der Waals surface area contributed by atoms with Crippen LogP contribution >= 0.6 is 0 Å².